The number of benzene rings is 1. The van der Waals surface area contributed by atoms with Gasteiger partial charge in [0, 0.05) is 3.57 Å². The molecule has 0 spiro atoms. The van der Waals surface area contributed by atoms with Gasteiger partial charge in [-0.15, -0.1) is 6.58 Å². The molecular weight excluding hydrogens is 294 g/mol. The highest BCUT2D eigenvalue weighted by molar-refractivity contribution is 14.1. The van der Waals surface area contributed by atoms with Crippen molar-refractivity contribution in [3.05, 3.63) is 45.3 Å². The highest BCUT2D eigenvalue weighted by atomic mass is 127. The maximum Gasteiger partial charge on any atom is 0.124 e. The SMILES string of the molecule is C=C(C)CC(O)c1ccc(F)cc1I. The van der Waals surface area contributed by atoms with Crippen LogP contribution in [0.3, 0.4) is 0 Å². The van der Waals surface area contributed by atoms with Crippen molar-refractivity contribution in [2.75, 3.05) is 0 Å². The Labute approximate surface area is 96.8 Å². The molecule has 0 aromatic heterocycles. The predicted molar refractivity (Wildman–Crippen MR) is 63.5 cm³/mol. The largest absolute Gasteiger partial charge is 0.388 e. The molecule has 0 bridgehead atoms. The van der Waals surface area contributed by atoms with Gasteiger partial charge in [-0.05, 0) is 53.6 Å². The second-order valence-electron chi connectivity index (χ2n) is 3.34. The molecule has 0 saturated heterocycles. The lowest BCUT2D eigenvalue weighted by atomic mass is 10.0. The van der Waals surface area contributed by atoms with Crippen LogP contribution in [0, 0.1) is 9.39 Å². The van der Waals surface area contributed by atoms with Gasteiger partial charge >= 0.3 is 0 Å². The normalized spacial score (nSPS) is 12.6. The zero-order valence-corrected chi connectivity index (χ0v) is 10.1. The first-order chi connectivity index (χ1) is 6.50. The lowest BCUT2D eigenvalue weighted by Crippen LogP contribution is -2.00. The molecule has 1 N–H and O–H groups in total. The van der Waals surface area contributed by atoms with E-state index in [4.69, 9.17) is 0 Å². The van der Waals surface area contributed by atoms with E-state index in [2.05, 4.69) is 6.58 Å². The molecule has 3 heteroatoms. The zero-order chi connectivity index (χ0) is 10.7. The van der Waals surface area contributed by atoms with Crippen LogP contribution in [0.15, 0.2) is 30.4 Å². The van der Waals surface area contributed by atoms with Gasteiger partial charge in [-0.3, -0.25) is 0 Å². The Balaban J connectivity index is 2.90. The van der Waals surface area contributed by atoms with E-state index in [1.54, 1.807) is 6.07 Å². The van der Waals surface area contributed by atoms with E-state index < -0.39 is 6.10 Å². The van der Waals surface area contributed by atoms with Crippen molar-refractivity contribution in [3.8, 4) is 0 Å². The third-order valence-electron chi connectivity index (χ3n) is 1.86. The number of rotatable bonds is 3. The second kappa shape index (κ2) is 4.89. The fourth-order valence-electron chi connectivity index (χ4n) is 1.21. The molecule has 76 valence electrons. The van der Waals surface area contributed by atoms with Crippen LogP contribution in [-0.2, 0) is 0 Å². The van der Waals surface area contributed by atoms with Crippen molar-refractivity contribution in [1.82, 2.24) is 0 Å². The summed E-state index contributed by atoms with van der Waals surface area (Å²) < 4.78 is 13.5. The first-order valence-electron chi connectivity index (χ1n) is 4.28. The third-order valence-corrected chi connectivity index (χ3v) is 2.80. The van der Waals surface area contributed by atoms with Gasteiger partial charge in [-0.25, -0.2) is 4.39 Å². The molecule has 0 heterocycles. The van der Waals surface area contributed by atoms with Gasteiger partial charge in [-0.2, -0.15) is 0 Å². The number of aliphatic hydroxyl groups is 1. The highest BCUT2D eigenvalue weighted by Gasteiger charge is 2.11. The average molecular weight is 306 g/mol. The number of hydrogen-bond acceptors (Lipinski definition) is 1. The quantitative estimate of drug-likeness (QED) is 0.670. The molecule has 1 rings (SSSR count). The first kappa shape index (κ1) is 11.7. The molecule has 0 radical (unpaired) electrons. The maximum atomic E-state index is 12.8. The van der Waals surface area contributed by atoms with Crippen LogP contribution < -0.4 is 0 Å². The Hall–Kier alpha value is -0.420. The lowest BCUT2D eigenvalue weighted by Gasteiger charge is -2.12. The average Bonchev–Trinajstić information content (AvgIpc) is 2.01. The van der Waals surface area contributed by atoms with Gasteiger partial charge in [0.25, 0.3) is 0 Å². The monoisotopic (exact) mass is 306 g/mol. The van der Waals surface area contributed by atoms with E-state index >= 15 is 0 Å². The summed E-state index contributed by atoms with van der Waals surface area (Å²) in [6.07, 6.45) is -0.0678. The first-order valence-corrected chi connectivity index (χ1v) is 5.36. The summed E-state index contributed by atoms with van der Waals surface area (Å²) in [6.45, 7) is 5.59. The van der Waals surface area contributed by atoms with Crippen molar-refractivity contribution < 1.29 is 9.50 Å². The van der Waals surface area contributed by atoms with Crippen LogP contribution in [0.5, 0.6) is 0 Å². The van der Waals surface area contributed by atoms with Crippen LogP contribution in [0.4, 0.5) is 4.39 Å². The van der Waals surface area contributed by atoms with Crippen LogP contribution >= 0.6 is 22.6 Å². The van der Waals surface area contributed by atoms with E-state index in [0.717, 1.165) is 14.7 Å². The summed E-state index contributed by atoms with van der Waals surface area (Å²) in [7, 11) is 0. The van der Waals surface area contributed by atoms with E-state index in [9.17, 15) is 9.50 Å². The van der Waals surface area contributed by atoms with Crippen LogP contribution in [-0.4, -0.2) is 5.11 Å². The minimum absolute atomic E-state index is 0.277. The highest BCUT2D eigenvalue weighted by Crippen LogP contribution is 2.25. The molecule has 0 saturated carbocycles. The Morgan fingerprint density at radius 1 is 1.64 bits per heavy atom. The summed E-state index contributed by atoms with van der Waals surface area (Å²) in [5, 5.41) is 9.77. The molecule has 1 aromatic carbocycles. The topological polar surface area (TPSA) is 20.2 Å². The fourth-order valence-corrected chi connectivity index (χ4v) is 2.05. The summed E-state index contributed by atoms with van der Waals surface area (Å²) >= 11 is 2.02. The van der Waals surface area contributed by atoms with Crippen LogP contribution in [0.1, 0.15) is 25.0 Å². The predicted octanol–water partition coefficient (Wildman–Crippen LogP) is 3.43. The van der Waals surface area contributed by atoms with E-state index in [0.29, 0.717) is 6.42 Å². The molecule has 1 atom stereocenters. The maximum absolute atomic E-state index is 12.8. The van der Waals surface area contributed by atoms with Gasteiger partial charge in [0.2, 0.25) is 0 Å². The van der Waals surface area contributed by atoms with Gasteiger partial charge in [0.05, 0.1) is 6.10 Å². The van der Waals surface area contributed by atoms with Gasteiger partial charge < -0.3 is 5.11 Å². The fraction of sp³-hybridized carbons (Fsp3) is 0.273. The Morgan fingerprint density at radius 2 is 2.29 bits per heavy atom. The lowest BCUT2D eigenvalue weighted by molar-refractivity contribution is 0.177. The molecule has 1 aromatic rings. The van der Waals surface area contributed by atoms with Crippen LogP contribution in [0.2, 0.25) is 0 Å². The zero-order valence-electron chi connectivity index (χ0n) is 7.93. The molecule has 0 aliphatic rings. The molecular formula is C11H12FIO. The Bertz CT molecular complexity index is 349. The molecule has 0 amide bonds. The third kappa shape index (κ3) is 3.06. The van der Waals surface area contributed by atoms with Crippen molar-refractivity contribution >= 4 is 22.6 Å². The molecule has 1 nitrogen and oxygen atoms in total. The Morgan fingerprint density at radius 3 is 2.79 bits per heavy atom. The standard InChI is InChI=1S/C11H12FIO/c1-7(2)5-11(14)9-4-3-8(12)6-10(9)13/h3-4,6,11,14H,1,5H2,2H3. The number of halogens is 2. The molecule has 1 unspecified atom stereocenters. The van der Waals surface area contributed by atoms with Gasteiger partial charge in [-0.1, -0.05) is 11.6 Å². The second-order valence-corrected chi connectivity index (χ2v) is 4.51. The Kier molecular flexibility index (Phi) is 4.07. The summed E-state index contributed by atoms with van der Waals surface area (Å²) in [4.78, 5) is 0. The summed E-state index contributed by atoms with van der Waals surface area (Å²) in [5.41, 5.74) is 1.67. The minimum Gasteiger partial charge on any atom is -0.388 e. The van der Waals surface area contributed by atoms with E-state index in [1.165, 1.54) is 12.1 Å². The van der Waals surface area contributed by atoms with Crippen molar-refractivity contribution in [1.29, 1.82) is 0 Å². The van der Waals surface area contributed by atoms with Crippen LogP contribution in [0.25, 0.3) is 0 Å². The van der Waals surface area contributed by atoms with E-state index in [1.807, 2.05) is 29.5 Å². The minimum atomic E-state index is -0.583. The van der Waals surface area contributed by atoms with E-state index in [-0.39, 0.29) is 5.82 Å². The molecule has 0 aliphatic carbocycles. The van der Waals surface area contributed by atoms with Gasteiger partial charge in [0.1, 0.15) is 5.82 Å². The van der Waals surface area contributed by atoms with Crippen molar-refractivity contribution in [3.63, 3.8) is 0 Å². The molecule has 0 aliphatic heterocycles. The van der Waals surface area contributed by atoms with Gasteiger partial charge in [0.15, 0.2) is 0 Å². The van der Waals surface area contributed by atoms with Crippen molar-refractivity contribution in [2.24, 2.45) is 0 Å². The smallest absolute Gasteiger partial charge is 0.124 e. The van der Waals surface area contributed by atoms with Crippen molar-refractivity contribution in [2.45, 2.75) is 19.4 Å². The number of aliphatic hydroxyl groups excluding tert-OH is 1. The number of hydrogen-bond donors (Lipinski definition) is 1. The molecule has 14 heavy (non-hydrogen) atoms. The summed E-state index contributed by atoms with van der Waals surface area (Å²) in [5.74, 6) is -0.277. The molecule has 0 fully saturated rings. The summed E-state index contributed by atoms with van der Waals surface area (Å²) in [6, 6.07) is 4.39.